The highest BCUT2D eigenvalue weighted by Crippen LogP contribution is 2.21. The van der Waals surface area contributed by atoms with Gasteiger partial charge in [-0.05, 0) is 20.8 Å². The molecule has 0 aromatic carbocycles. The maximum absolute atomic E-state index is 9.01. The molecule has 3 heteroatoms. The van der Waals surface area contributed by atoms with E-state index in [0.717, 1.165) is 17.7 Å². The summed E-state index contributed by atoms with van der Waals surface area (Å²) in [6.45, 7) is 10.0. The monoisotopic (exact) mass is 216 g/mol. The van der Waals surface area contributed by atoms with Crippen LogP contribution in [0.5, 0.6) is 5.75 Å². The lowest BCUT2D eigenvalue weighted by molar-refractivity contribution is 0.320. The molecule has 1 rings (SSSR count). The second-order valence-corrected chi connectivity index (χ2v) is 3.89. The second-order valence-electron chi connectivity index (χ2n) is 3.89. The van der Waals surface area contributed by atoms with Crippen molar-refractivity contribution < 1.29 is 4.74 Å². The highest BCUT2D eigenvalue weighted by atomic mass is 16.5. The van der Waals surface area contributed by atoms with Crippen LogP contribution >= 0.6 is 0 Å². The predicted molar refractivity (Wildman–Crippen MR) is 63.4 cm³/mol. The molecule has 0 N–H and O–H groups in total. The van der Waals surface area contributed by atoms with E-state index in [1.807, 2.05) is 20.8 Å². The molecular formula is C13H16N2O. The van der Waals surface area contributed by atoms with Gasteiger partial charge in [-0.2, -0.15) is 5.26 Å². The van der Waals surface area contributed by atoms with Crippen molar-refractivity contribution in [3.05, 3.63) is 35.2 Å². The van der Waals surface area contributed by atoms with Crippen molar-refractivity contribution in [1.82, 2.24) is 4.98 Å². The average Bonchev–Trinajstić information content (AvgIpc) is 2.16. The van der Waals surface area contributed by atoms with E-state index in [0.29, 0.717) is 23.6 Å². The summed E-state index contributed by atoms with van der Waals surface area (Å²) in [6, 6.07) is 3.91. The lowest BCUT2D eigenvalue weighted by atomic mass is 10.2. The Morgan fingerprint density at radius 3 is 2.81 bits per heavy atom. The number of nitriles is 1. The minimum Gasteiger partial charge on any atom is -0.492 e. The van der Waals surface area contributed by atoms with E-state index >= 15 is 0 Å². The number of hydrogen-bond donors (Lipinski definition) is 0. The standard InChI is InChI=1S/C13H16N2O/c1-9(2)5-6-16-13-7-10(3)15-11(4)12(13)8-14/h7H,1,5-6H2,2-4H3. The van der Waals surface area contributed by atoms with Crippen molar-refractivity contribution in [3.8, 4) is 11.8 Å². The number of pyridine rings is 1. The molecule has 0 aliphatic carbocycles. The maximum atomic E-state index is 9.01. The summed E-state index contributed by atoms with van der Waals surface area (Å²) >= 11 is 0. The van der Waals surface area contributed by atoms with Crippen molar-refractivity contribution >= 4 is 0 Å². The minimum absolute atomic E-state index is 0.521. The molecule has 0 aliphatic heterocycles. The molecule has 0 unspecified atom stereocenters. The first-order chi connectivity index (χ1) is 7.54. The van der Waals surface area contributed by atoms with E-state index in [1.165, 1.54) is 0 Å². The Kier molecular flexibility index (Phi) is 4.07. The summed E-state index contributed by atoms with van der Waals surface area (Å²) in [5.74, 6) is 0.619. The van der Waals surface area contributed by atoms with Crippen LogP contribution in [0.1, 0.15) is 30.3 Å². The number of aryl methyl sites for hydroxylation is 2. The molecule has 0 atom stereocenters. The molecule has 84 valence electrons. The van der Waals surface area contributed by atoms with E-state index in [2.05, 4.69) is 17.6 Å². The van der Waals surface area contributed by atoms with E-state index in [-0.39, 0.29) is 0 Å². The van der Waals surface area contributed by atoms with Crippen LogP contribution in [0.3, 0.4) is 0 Å². The van der Waals surface area contributed by atoms with Gasteiger partial charge in [0.25, 0.3) is 0 Å². The molecule has 0 saturated carbocycles. The van der Waals surface area contributed by atoms with Crippen LogP contribution in [0.25, 0.3) is 0 Å². The number of nitrogens with zero attached hydrogens (tertiary/aromatic N) is 2. The van der Waals surface area contributed by atoms with E-state index in [9.17, 15) is 0 Å². The summed E-state index contributed by atoms with van der Waals surface area (Å²) in [4.78, 5) is 4.23. The van der Waals surface area contributed by atoms with Gasteiger partial charge < -0.3 is 4.74 Å². The number of hydrogen-bond acceptors (Lipinski definition) is 3. The van der Waals surface area contributed by atoms with Crippen LogP contribution < -0.4 is 4.74 Å². The van der Waals surface area contributed by atoms with Crippen LogP contribution in [-0.2, 0) is 0 Å². The Morgan fingerprint density at radius 1 is 1.56 bits per heavy atom. The fourth-order valence-electron chi connectivity index (χ4n) is 1.38. The molecule has 0 amide bonds. The Labute approximate surface area is 96.4 Å². The van der Waals surface area contributed by atoms with Crippen LogP contribution in [-0.4, -0.2) is 11.6 Å². The number of ether oxygens (including phenoxy) is 1. The van der Waals surface area contributed by atoms with Crippen molar-refractivity contribution in [2.75, 3.05) is 6.61 Å². The summed E-state index contributed by atoms with van der Waals surface area (Å²) in [7, 11) is 0. The molecule has 0 radical (unpaired) electrons. The topological polar surface area (TPSA) is 45.9 Å². The van der Waals surface area contributed by atoms with Crippen LogP contribution in [0.4, 0.5) is 0 Å². The molecule has 0 fully saturated rings. The summed E-state index contributed by atoms with van der Waals surface area (Å²) in [5.41, 5.74) is 3.17. The first-order valence-electron chi connectivity index (χ1n) is 5.20. The quantitative estimate of drug-likeness (QED) is 0.727. The Hall–Kier alpha value is -1.82. The SMILES string of the molecule is C=C(C)CCOc1cc(C)nc(C)c1C#N. The van der Waals surface area contributed by atoms with E-state index in [1.54, 1.807) is 6.07 Å². The zero-order chi connectivity index (χ0) is 12.1. The Bertz CT molecular complexity index is 444. The highest BCUT2D eigenvalue weighted by Gasteiger charge is 2.08. The van der Waals surface area contributed by atoms with Gasteiger partial charge in [0.1, 0.15) is 17.4 Å². The molecule has 0 bridgehead atoms. The third-order valence-electron chi connectivity index (χ3n) is 2.19. The largest absolute Gasteiger partial charge is 0.492 e. The van der Waals surface area contributed by atoms with Crippen LogP contribution in [0.2, 0.25) is 0 Å². The predicted octanol–water partition coefficient (Wildman–Crippen LogP) is 2.92. The minimum atomic E-state index is 0.521. The zero-order valence-corrected chi connectivity index (χ0v) is 10.0. The molecule has 0 spiro atoms. The van der Waals surface area contributed by atoms with E-state index < -0.39 is 0 Å². The third kappa shape index (κ3) is 3.09. The molecule has 3 nitrogen and oxygen atoms in total. The van der Waals surface area contributed by atoms with Gasteiger partial charge in [-0.3, -0.25) is 4.98 Å². The molecule has 0 saturated heterocycles. The van der Waals surface area contributed by atoms with Gasteiger partial charge in [0.05, 0.1) is 12.3 Å². The lowest BCUT2D eigenvalue weighted by Crippen LogP contribution is -2.02. The van der Waals surface area contributed by atoms with Gasteiger partial charge >= 0.3 is 0 Å². The fraction of sp³-hybridized carbons (Fsp3) is 0.385. The molecule has 1 heterocycles. The van der Waals surface area contributed by atoms with E-state index in [4.69, 9.17) is 10.00 Å². The zero-order valence-electron chi connectivity index (χ0n) is 10.0. The molecular weight excluding hydrogens is 200 g/mol. The van der Waals surface area contributed by atoms with Gasteiger partial charge in [0.2, 0.25) is 0 Å². The van der Waals surface area contributed by atoms with Crippen molar-refractivity contribution in [2.45, 2.75) is 27.2 Å². The number of rotatable bonds is 4. The van der Waals surface area contributed by atoms with Crippen LogP contribution in [0, 0.1) is 25.2 Å². The van der Waals surface area contributed by atoms with Gasteiger partial charge in [-0.1, -0.05) is 5.57 Å². The highest BCUT2D eigenvalue weighted by molar-refractivity contribution is 5.46. The Balaban J connectivity index is 2.86. The van der Waals surface area contributed by atoms with Gasteiger partial charge in [-0.15, -0.1) is 6.58 Å². The third-order valence-corrected chi connectivity index (χ3v) is 2.19. The van der Waals surface area contributed by atoms with Gasteiger partial charge in [0, 0.05) is 18.2 Å². The number of aromatic nitrogens is 1. The first-order valence-corrected chi connectivity index (χ1v) is 5.20. The summed E-state index contributed by atoms with van der Waals surface area (Å²) in [5, 5.41) is 9.01. The summed E-state index contributed by atoms with van der Waals surface area (Å²) in [6.07, 6.45) is 0.797. The lowest BCUT2D eigenvalue weighted by Gasteiger charge is -2.10. The molecule has 1 aromatic heterocycles. The smallest absolute Gasteiger partial charge is 0.140 e. The van der Waals surface area contributed by atoms with Crippen molar-refractivity contribution in [1.29, 1.82) is 5.26 Å². The average molecular weight is 216 g/mol. The molecule has 0 aliphatic rings. The van der Waals surface area contributed by atoms with Gasteiger partial charge in [-0.25, -0.2) is 0 Å². The molecule has 16 heavy (non-hydrogen) atoms. The van der Waals surface area contributed by atoms with Crippen molar-refractivity contribution in [2.24, 2.45) is 0 Å². The fourth-order valence-corrected chi connectivity index (χ4v) is 1.38. The second kappa shape index (κ2) is 5.32. The summed E-state index contributed by atoms with van der Waals surface area (Å²) < 4.78 is 5.58. The Morgan fingerprint density at radius 2 is 2.25 bits per heavy atom. The first kappa shape index (κ1) is 12.3. The molecule has 1 aromatic rings. The van der Waals surface area contributed by atoms with Gasteiger partial charge in [0.15, 0.2) is 0 Å². The van der Waals surface area contributed by atoms with Crippen molar-refractivity contribution in [3.63, 3.8) is 0 Å². The normalized spacial score (nSPS) is 9.62. The van der Waals surface area contributed by atoms with Crippen LogP contribution in [0.15, 0.2) is 18.2 Å². The maximum Gasteiger partial charge on any atom is 0.140 e.